The van der Waals surface area contributed by atoms with E-state index in [1.54, 1.807) is 0 Å². The van der Waals surface area contributed by atoms with E-state index in [0.717, 1.165) is 0 Å². The van der Waals surface area contributed by atoms with E-state index >= 15 is 0 Å². The van der Waals surface area contributed by atoms with Crippen LogP contribution in [0.2, 0.25) is 0 Å². The summed E-state index contributed by atoms with van der Waals surface area (Å²) >= 11 is 0. The Hall–Kier alpha value is -1.26. The van der Waals surface area contributed by atoms with Crippen LogP contribution in [0.3, 0.4) is 0 Å². The molecule has 0 aliphatic rings. The monoisotopic (exact) mass is 244 g/mol. The third-order valence-electron chi connectivity index (χ3n) is 2.78. The number of hydrogen-bond acceptors (Lipinski definition) is 3. The van der Waals surface area contributed by atoms with Crippen molar-refractivity contribution in [2.45, 2.75) is 46.7 Å². The van der Waals surface area contributed by atoms with Crippen LogP contribution in [-0.4, -0.2) is 31.2 Å². The average Bonchev–Trinajstić information content (AvgIpc) is 2.24. The van der Waals surface area contributed by atoms with Crippen LogP contribution in [0, 0.1) is 11.8 Å². The molecule has 0 aliphatic heterocycles. The number of hydrogen-bond donors (Lipinski definition) is 2. The summed E-state index contributed by atoms with van der Waals surface area (Å²) in [4.78, 5) is 23.1. The molecule has 1 unspecified atom stereocenters. The maximum absolute atomic E-state index is 12.0. The molecule has 2 atom stereocenters. The van der Waals surface area contributed by atoms with Gasteiger partial charge in [-0.3, -0.25) is 4.79 Å². The lowest BCUT2D eigenvalue weighted by molar-refractivity contribution is -0.124. The van der Waals surface area contributed by atoms with E-state index in [4.69, 9.17) is 0 Å². The lowest BCUT2D eigenvalue weighted by atomic mass is 10.0. The molecule has 0 aliphatic carbocycles. The molecule has 0 aromatic heterocycles. The third kappa shape index (κ3) is 5.56. The van der Waals surface area contributed by atoms with Crippen LogP contribution < -0.4 is 10.6 Å². The van der Waals surface area contributed by atoms with Crippen molar-refractivity contribution in [2.24, 2.45) is 11.8 Å². The van der Waals surface area contributed by atoms with Gasteiger partial charge in [0.05, 0.1) is 7.11 Å². The minimum Gasteiger partial charge on any atom is -0.453 e. The Morgan fingerprint density at radius 2 is 1.47 bits per heavy atom. The first-order valence-corrected chi connectivity index (χ1v) is 5.94. The van der Waals surface area contributed by atoms with E-state index < -0.39 is 12.1 Å². The van der Waals surface area contributed by atoms with Crippen LogP contribution in [0.4, 0.5) is 4.79 Å². The van der Waals surface area contributed by atoms with Crippen LogP contribution in [0.15, 0.2) is 0 Å². The van der Waals surface area contributed by atoms with Gasteiger partial charge < -0.3 is 15.4 Å². The lowest BCUT2D eigenvalue weighted by Gasteiger charge is -2.24. The van der Waals surface area contributed by atoms with E-state index in [1.165, 1.54) is 7.11 Å². The number of nitrogens with one attached hydrogen (secondary N) is 2. The second-order valence-corrected chi connectivity index (χ2v) is 4.90. The molecule has 0 heterocycles. The van der Waals surface area contributed by atoms with Gasteiger partial charge in [0, 0.05) is 6.04 Å². The van der Waals surface area contributed by atoms with Gasteiger partial charge in [0.2, 0.25) is 5.91 Å². The predicted octanol–water partition coefficient (Wildman–Crippen LogP) is 1.53. The SMILES string of the molecule is COC(=O)NC(C(=O)N[C@@H](C)C(C)C)C(C)C. The Morgan fingerprint density at radius 3 is 1.82 bits per heavy atom. The van der Waals surface area contributed by atoms with Gasteiger partial charge in [-0.2, -0.15) is 0 Å². The van der Waals surface area contributed by atoms with Gasteiger partial charge in [0.15, 0.2) is 0 Å². The Labute approximate surface area is 103 Å². The highest BCUT2D eigenvalue weighted by atomic mass is 16.5. The predicted molar refractivity (Wildman–Crippen MR) is 66.6 cm³/mol. The van der Waals surface area contributed by atoms with Gasteiger partial charge in [-0.1, -0.05) is 27.7 Å². The van der Waals surface area contributed by atoms with Crippen molar-refractivity contribution in [3.63, 3.8) is 0 Å². The van der Waals surface area contributed by atoms with Crippen molar-refractivity contribution >= 4 is 12.0 Å². The second-order valence-electron chi connectivity index (χ2n) is 4.90. The summed E-state index contributed by atoms with van der Waals surface area (Å²) in [5, 5.41) is 5.42. The van der Waals surface area contributed by atoms with Crippen LogP contribution in [-0.2, 0) is 9.53 Å². The number of alkyl carbamates (subject to hydrolysis) is 1. The van der Waals surface area contributed by atoms with E-state index in [-0.39, 0.29) is 17.9 Å². The number of carbonyl (C=O) groups excluding carboxylic acids is 2. The first kappa shape index (κ1) is 15.7. The number of carbonyl (C=O) groups is 2. The van der Waals surface area contributed by atoms with Crippen molar-refractivity contribution in [2.75, 3.05) is 7.11 Å². The third-order valence-corrected chi connectivity index (χ3v) is 2.78. The zero-order chi connectivity index (χ0) is 13.6. The van der Waals surface area contributed by atoms with Gasteiger partial charge in [-0.25, -0.2) is 4.79 Å². The molecule has 5 nitrogen and oxygen atoms in total. The molecule has 0 aromatic carbocycles. The molecule has 0 spiro atoms. The molecule has 0 aromatic rings. The van der Waals surface area contributed by atoms with Gasteiger partial charge in [-0.05, 0) is 18.8 Å². The fourth-order valence-electron chi connectivity index (χ4n) is 1.20. The standard InChI is InChI=1S/C12H24N2O3/c1-7(2)9(5)13-11(15)10(8(3)4)14-12(16)17-6/h7-10H,1-6H3,(H,13,15)(H,14,16)/t9-,10?/m0/s1. The summed E-state index contributed by atoms with van der Waals surface area (Å²) in [6.07, 6.45) is -0.587. The van der Waals surface area contributed by atoms with Gasteiger partial charge in [0.25, 0.3) is 0 Å². The Morgan fingerprint density at radius 1 is 0.941 bits per heavy atom. The molecular formula is C12H24N2O3. The lowest BCUT2D eigenvalue weighted by Crippen LogP contribution is -2.52. The summed E-state index contributed by atoms with van der Waals surface area (Å²) in [6, 6.07) is -0.494. The molecule has 0 saturated heterocycles. The van der Waals surface area contributed by atoms with Gasteiger partial charge in [0.1, 0.15) is 6.04 Å². The molecule has 0 saturated carbocycles. The fraction of sp³-hybridized carbons (Fsp3) is 0.833. The van der Waals surface area contributed by atoms with Crippen molar-refractivity contribution in [3.8, 4) is 0 Å². The van der Waals surface area contributed by atoms with E-state index in [1.807, 2.05) is 34.6 Å². The second kappa shape index (κ2) is 7.14. The molecule has 0 bridgehead atoms. The molecule has 0 radical (unpaired) electrons. The molecule has 17 heavy (non-hydrogen) atoms. The first-order chi connectivity index (χ1) is 7.79. The van der Waals surface area contributed by atoms with Crippen molar-refractivity contribution in [1.29, 1.82) is 0 Å². The van der Waals surface area contributed by atoms with E-state index in [2.05, 4.69) is 15.4 Å². The van der Waals surface area contributed by atoms with Crippen molar-refractivity contribution in [1.82, 2.24) is 10.6 Å². The van der Waals surface area contributed by atoms with Crippen LogP contribution in [0.25, 0.3) is 0 Å². The van der Waals surface area contributed by atoms with Crippen molar-refractivity contribution in [3.05, 3.63) is 0 Å². The number of methoxy groups -OCH3 is 1. The van der Waals surface area contributed by atoms with Crippen molar-refractivity contribution < 1.29 is 14.3 Å². The van der Waals surface area contributed by atoms with Crippen LogP contribution >= 0.6 is 0 Å². The van der Waals surface area contributed by atoms with Crippen LogP contribution in [0.5, 0.6) is 0 Å². The minimum atomic E-state index is -0.587. The van der Waals surface area contributed by atoms with Gasteiger partial charge >= 0.3 is 6.09 Å². The van der Waals surface area contributed by atoms with Crippen LogP contribution in [0.1, 0.15) is 34.6 Å². The zero-order valence-electron chi connectivity index (χ0n) is 11.5. The number of rotatable bonds is 5. The smallest absolute Gasteiger partial charge is 0.407 e. The summed E-state index contributed by atoms with van der Waals surface area (Å²) in [5.74, 6) is 0.185. The Bertz CT molecular complexity index is 264. The highest BCUT2D eigenvalue weighted by Crippen LogP contribution is 2.05. The fourth-order valence-corrected chi connectivity index (χ4v) is 1.20. The molecule has 5 heteroatoms. The normalized spacial score (nSPS) is 14.4. The molecule has 0 fully saturated rings. The highest BCUT2D eigenvalue weighted by Gasteiger charge is 2.25. The molecular weight excluding hydrogens is 220 g/mol. The zero-order valence-corrected chi connectivity index (χ0v) is 11.5. The molecule has 100 valence electrons. The summed E-state index contributed by atoms with van der Waals surface area (Å²) < 4.78 is 4.50. The maximum atomic E-state index is 12.0. The number of ether oxygens (including phenoxy) is 1. The topological polar surface area (TPSA) is 67.4 Å². The summed E-state index contributed by atoms with van der Waals surface area (Å²) in [5.41, 5.74) is 0. The molecule has 2 amide bonds. The molecule has 0 rings (SSSR count). The largest absolute Gasteiger partial charge is 0.453 e. The minimum absolute atomic E-state index is 0.00784. The van der Waals surface area contributed by atoms with E-state index in [0.29, 0.717) is 5.92 Å². The average molecular weight is 244 g/mol. The van der Waals surface area contributed by atoms with Gasteiger partial charge in [-0.15, -0.1) is 0 Å². The quantitative estimate of drug-likeness (QED) is 0.770. The first-order valence-electron chi connectivity index (χ1n) is 5.94. The van der Waals surface area contributed by atoms with E-state index in [9.17, 15) is 9.59 Å². The molecule has 2 N–H and O–H groups in total. The Kier molecular flexibility index (Phi) is 6.61. The Balaban J connectivity index is 4.50. The summed E-state index contributed by atoms with van der Waals surface area (Å²) in [6.45, 7) is 9.75. The highest BCUT2D eigenvalue weighted by molar-refractivity contribution is 5.86. The number of amides is 2. The maximum Gasteiger partial charge on any atom is 0.407 e. The summed E-state index contributed by atoms with van der Waals surface area (Å²) in [7, 11) is 1.28.